The van der Waals surface area contributed by atoms with E-state index < -0.39 is 22.5 Å². The second-order valence-corrected chi connectivity index (χ2v) is 9.17. The van der Waals surface area contributed by atoms with Crippen molar-refractivity contribution in [2.24, 2.45) is 0 Å². The van der Waals surface area contributed by atoms with Crippen molar-refractivity contribution in [3.8, 4) is 11.5 Å². The number of aromatic nitrogens is 1. The quantitative estimate of drug-likeness (QED) is 0.706. The molecule has 0 radical (unpaired) electrons. The van der Waals surface area contributed by atoms with Gasteiger partial charge in [0.15, 0.2) is 11.5 Å². The molecule has 0 spiro atoms. The number of rotatable bonds is 6. The van der Waals surface area contributed by atoms with Gasteiger partial charge in [0.05, 0.1) is 6.54 Å². The number of likely N-dealkylation sites (N-methyl/N-ethyl adjacent to an activating group) is 1. The van der Waals surface area contributed by atoms with Crippen LogP contribution < -0.4 is 14.8 Å². The molecule has 1 aromatic heterocycles. The highest BCUT2D eigenvalue weighted by molar-refractivity contribution is 7.89. The van der Waals surface area contributed by atoms with Gasteiger partial charge in [-0.3, -0.25) is 9.59 Å². The number of nitrogens with zero attached hydrogens (tertiary/aromatic N) is 2. The number of anilines is 1. The molecule has 2 amide bonds. The molecule has 0 unspecified atom stereocenters. The highest BCUT2D eigenvalue weighted by atomic mass is 32.2. The lowest BCUT2D eigenvalue weighted by Crippen LogP contribution is -2.34. The Balaban J connectivity index is 1.40. The van der Waals surface area contributed by atoms with Crippen LogP contribution in [0.25, 0.3) is 0 Å². The van der Waals surface area contributed by atoms with E-state index in [4.69, 9.17) is 9.47 Å². The minimum atomic E-state index is -3.95. The summed E-state index contributed by atoms with van der Waals surface area (Å²) in [7, 11) is -2.64. The van der Waals surface area contributed by atoms with Crippen molar-refractivity contribution in [2.45, 2.75) is 17.7 Å². The predicted octanol–water partition coefficient (Wildman–Crippen LogP) is 1.24. The van der Waals surface area contributed by atoms with Crippen LogP contribution in [0.3, 0.4) is 0 Å². The Bertz CT molecular complexity index is 1070. The maximum atomic E-state index is 12.8. The molecular weight excluding hydrogens is 412 g/mol. The van der Waals surface area contributed by atoms with Crippen LogP contribution in [0, 0.1) is 0 Å². The van der Waals surface area contributed by atoms with Crippen LogP contribution in [0.4, 0.5) is 5.69 Å². The van der Waals surface area contributed by atoms with E-state index in [1.165, 1.54) is 19.3 Å². The minimum Gasteiger partial charge on any atom is -0.454 e. The molecular formula is C19H22N4O6S. The first-order valence-electron chi connectivity index (χ1n) is 9.48. The highest BCUT2D eigenvalue weighted by Crippen LogP contribution is 2.34. The van der Waals surface area contributed by atoms with E-state index in [2.05, 4.69) is 10.3 Å². The summed E-state index contributed by atoms with van der Waals surface area (Å²) in [6, 6.07) is 6.22. The number of fused-ring (bicyclic) bond motifs is 1. The summed E-state index contributed by atoms with van der Waals surface area (Å²) < 4.78 is 37.0. The Morgan fingerprint density at radius 2 is 1.90 bits per heavy atom. The van der Waals surface area contributed by atoms with Crippen molar-refractivity contribution in [2.75, 3.05) is 38.8 Å². The maximum Gasteiger partial charge on any atom is 0.270 e. The van der Waals surface area contributed by atoms with E-state index in [1.807, 2.05) is 0 Å². The van der Waals surface area contributed by atoms with E-state index in [9.17, 15) is 18.0 Å². The lowest BCUT2D eigenvalue weighted by atomic mass is 10.3. The molecule has 11 heteroatoms. The lowest BCUT2D eigenvalue weighted by Gasteiger charge is -2.16. The molecule has 0 bridgehead atoms. The van der Waals surface area contributed by atoms with Crippen molar-refractivity contribution in [3.63, 3.8) is 0 Å². The van der Waals surface area contributed by atoms with Gasteiger partial charge in [0, 0.05) is 38.1 Å². The first-order chi connectivity index (χ1) is 14.3. The van der Waals surface area contributed by atoms with Crippen molar-refractivity contribution < 1.29 is 27.5 Å². The molecule has 30 heavy (non-hydrogen) atoms. The van der Waals surface area contributed by atoms with Gasteiger partial charge >= 0.3 is 0 Å². The molecule has 4 rings (SSSR count). The monoisotopic (exact) mass is 434 g/mol. The van der Waals surface area contributed by atoms with Crippen molar-refractivity contribution in [1.82, 2.24) is 14.2 Å². The molecule has 0 saturated carbocycles. The summed E-state index contributed by atoms with van der Waals surface area (Å²) in [6.07, 6.45) is 3.16. The molecule has 2 aliphatic heterocycles. The van der Waals surface area contributed by atoms with Gasteiger partial charge < -0.3 is 24.7 Å². The summed E-state index contributed by atoms with van der Waals surface area (Å²) in [5.74, 6) is 0.358. The van der Waals surface area contributed by atoms with Gasteiger partial charge in [0.1, 0.15) is 10.6 Å². The number of likely N-dealkylation sites (tertiary alicyclic amines) is 1. The van der Waals surface area contributed by atoms with Gasteiger partial charge in [0.25, 0.3) is 5.91 Å². The van der Waals surface area contributed by atoms with Gasteiger partial charge in [-0.15, -0.1) is 0 Å². The Hall–Kier alpha value is -3.05. The Kier molecular flexibility index (Phi) is 5.39. The van der Waals surface area contributed by atoms with Crippen LogP contribution in [0.1, 0.15) is 23.3 Å². The average molecular weight is 434 g/mol. The van der Waals surface area contributed by atoms with Crippen LogP contribution in [-0.2, 0) is 14.8 Å². The SMILES string of the molecule is CN(CC(=O)Nc1ccc2c(c1)OCO2)S(=O)(=O)c1c[nH]c(C(=O)N2CCCC2)c1. The first kappa shape index (κ1) is 20.2. The minimum absolute atomic E-state index is 0.0663. The highest BCUT2D eigenvalue weighted by Gasteiger charge is 2.27. The molecule has 3 heterocycles. The van der Waals surface area contributed by atoms with Crippen LogP contribution in [0.15, 0.2) is 35.4 Å². The maximum absolute atomic E-state index is 12.8. The standard InChI is InChI=1S/C19H22N4O6S/c1-22(11-18(24)21-13-4-5-16-17(8-13)29-12-28-16)30(26,27)14-9-15(20-10-14)19(25)23-6-2-3-7-23/h4-5,8-10,20H,2-3,6-7,11-12H2,1H3,(H,21,24). The van der Waals surface area contributed by atoms with E-state index in [0.717, 1.165) is 17.1 Å². The van der Waals surface area contributed by atoms with Crippen molar-refractivity contribution >= 4 is 27.5 Å². The topological polar surface area (TPSA) is 121 Å². The number of carbonyl (C=O) groups is 2. The van der Waals surface area contributed by atoms with Crippen molar-refractivity contribution in [1.29, 1.82) is 0 Å². The third-order valence-electron chi connectivity index (χ3n) is 5.01. The van der Waals surface area contributed by atoms with E-state index in [1.54, 1.807) is 23.1 Å². The van der Waals surface area contributed by atoms with Gasteiger partial charge in [-0.05, 0) is 31.0 Å². The predicted molar refractivity (Wildman–Crippen MR) is 107 cm³/mol. The van der Waals surface area contributed by atoms with Crippen LogP contribution >= 0.6 is 0 Å². The van der Waals surface area contributed by atoms with Crippen LogP contribution in [0.2, 0.25) is 0 Å². The largest absolute Gasteiger partial charge is 0.454 e. The number of hydrogen-bond acceptors (Lipinski definition) is 6. The number of hydrogen-bond donors (Lipinski definition) is 2. The zero-order chi connectivity index (χ0) is 21.3. The molecule has 2 aromatic rings. The fraction of sp³-hybridized carbons (Fsp3) is 0.368. The number of ether oxygens (including phenoxy) is 2. The molecule has 2 aliphatic rings. The summed E-state index contributed by atoms with van der Waals surface area (Å²) in [6.45, 7) is 1.06. The number of benzene rings is 1. The second-order valence-electron chi connectivity index (χ2n) is 7.13. The molecule has 1 saturated heterocycles. The van der Waals surface area contributed by atoms with E-state index in [-0.39, 0.29) is 23.3 Å². The van der Waals surface area contributed by atoms with Gasteiger partial charge in [-0.25, -0.2) is 8.42 Å². The number of amides is 2. The van der Waals surface area contributed by atoms with Gasteiger partial charge in [-0.2, -0.15) is 4.31 Å². The number of aromatic amines is 1. The van der Waals surface area contributed by atoms with Crippen molar-refractivity contribution in [3.05, 3.63) is 36.2 Å². The lowest BCUT2D eigenvalue weighted by molar-refractivity contribution is -0.116. The zero-order valence-corrected chi connectivity index (χ0v) is 17.2. The molecule has 0 atom stereocenters. The molecule has 10 nitrogen and oxygen atoms in total. The summed E-state index contributed by atoms with van der Waals surface area (Å²) in [5, 5.41) is 2.64. The first-order valence-corrected chi connectivity index (χ1v) is 10.9. The number of H-pyrrole nitrogens is 1. The van der Waals surface area contributed by atoms with E-state index in [0.29, 0.717) is 30.3 Å². The number of carbonyl (C=O) groups excluding carboxylic acids is 2. The second kappa shape index (κ2) is 8.00. The zero-order valence-electron chi connectivity index (χ0n) is 16.4. The van der Waals surface area contributed by atoms with Crippen LogP contribution in [-0.4, -0.2) is 67.9 Å². The number of sulfonamides is 1. The average Bonchev–Trinajstić information content (AvgIpc) is 3.48. The molecule has 160 valence electrons. The summed E-state index contributed by atoms with van der Waals surface area (Å²) in [4.78, 5) is 29.1. The molecule has 1 aromatic carbocycles. The third kappa shape index (κ3) is 3.98. The molecule has 2 N–H and O–H groups in total. The fourth-order valence-electron chi connectivity index (χ4n) is 3.38. The summed E-state index contributed by atoms with van der Waals surface area (Å²) >= 11 is 0. The number of nitrogens with one attached hydrogen (secondary N) is 2. The Morgan fingerprint density at radius 3 is 2.67 bits per heavy atom. The molecule has 1 fully saturated rings. The van der Waals surface area contributed by atoms with E-state index >= 15 is 0 Å². The Labute approximate surface area is 173 Å². The fourth-order valence-corrected chi connectivity index (χ4v) is 4.50. The Morgan fingerprint density at radius 1 is 1.17 bits per heavy atom. The third-order valence-corrected chi connectivity index (χ3v) is 6.79. The van der Waals surface area contributed by atoms with Gasteiger partial charge in [-0.1, -0.05) is 0 Å². The summed E-state index contributed by atoms with van der Waals surface area (Å²) in [5.41, 5.74) is 0.684. The van der Waals surface area contributed by atoms with Gasteiger partial charge in [0.2, 0.25) is 22.7 Å². The normalized spacial score (nSPS) is 15.6. The van der Waals surface area contributed by atoms with Crippen LogP contribution in [0.5, 0.6) is 11.5 Å². The molecule has 0 aliphatic carbocycles. The smallest absolute Gasteiger partial charge is 0.270 e.